The maximum atomic E-state index is 2.28. The topological polar surface area (TPSA) is 7.76 Å². The van der Waals surface area contributed by atoms with Gasteiger partial charge in [0, 0.05) is 35.0 Å². The standard InChI is InChI=1S/C22H20N2.2ClH/c1-3-13-21-19(9-1)11-7-17-23(21)15-5-6-16-24-18-8-12-20-10-2-4-14-22(20)24;;/h1-14,17-18H,15-16H2;2*1H/q+2;;/p-2/b6-5-;;. The first-order valence-corrected chi connectivity index (χ1v) is 8.31. The van der Waals surface area contributed by atoms with Crippen molar-refractivity contribution in [3.05, 3.63) is 97.3 Å². The molecule has 2 nitrogen and oxygen atoms in total. The average molecular weight is 383 g/mol. The number of benzene rings is 2. The summed E-state index contributed by atoms with van der Waals surface area (Å²) in [6, 6.07) is 25.5. The van der Waals surface area contributed by atoms with Crippen molar-refractivity contribution in [2.24, 2.45) is 0 Å². The first-order valence-electron chi connectivity index (χ1n) is 8.31. The largest absolute Gasteiger partial charge is 1.00 e. The van der Waals surface area contributed by atoms with Crippen molar-refractivity contribution >= 4 is 21.8 Å². The van der Waals surface area contributed by atoms with Gasteiger partial charge in [-0.05, 0) is 36.4 Å². The molecule has 0 aliphatic carbocycles. The third-order valence-corrected chi connectivity index (χ3v) is 4.35. The van der Waals surface area contributed by atoms with E-state index in [-0.39, 0.29) is 24.8 Å². The number of nitrogens with zero attached hydrogens (tertiary/aromatic N) is 2. The van der Waals surface area contributed by atoms with E-state index in [4.69, 9.17) is 0 Å². The third kappa shape index (κ3) is 4.21. The van der Waals surface area contributed by atoms with Crippen LogP contribution < -0.4 is 33.9 Å². The molecule has 0 N–H and O–H groups in total. The molecule has 26 heavy (non-hydrogen) atoms. The highest BCUT2D eigenvalue weighted by atomic mass is 35.5. The lowest BCUT2D eigenvalue weighted by molar-refractivity contribution is -0.665. The minimum Gasteiger partial charge on any atom is -1.00 e. The molecule has 0 aliphatic heterocycles. The molecule has 2 aromatic heterocycles. The normalized spacial score (nSPS) is 10.6. The Hall–Kier alpha value is -2.42. The molecule has 2 heterocycles. The molecule has 0 atom stereocenters. The van der Waals surface area contributed by atoms with E-state index in [1.165, 1.54) is 21.8 Å². The summed E-state index contributed by atoms with van der Waals surface area (Å²) in [4.78, 5) is 0. The molecule has 4 rings (SSSR count). The van der Waals surface area contributed by atoms with Gasteiger partial charge in [0.1, 0.15) is 0 Å². The highest BCUT2D eigenvalue weighted by Crippen LogP contribution is 2.08. The van der Waals surface area contributed by atoms with Crippen molar-refractivity contribution in [2.45, 2.75) is 13.1 Å². The summed E-state index contributed by atoms with van der Waals surface area (Å²) >= 11 is 0. The van der Waals surface area contributed by atoms with Crippen LogP contribution in [0.2, 0.25) is 0 Å². The second-order valence-corrected chi connectivity index (χ2v) is 5.91. The number of hydrogen-bond acceptors (Lipinski definition) is 0. The number of halogens is 2. The van der Waals surface area contributed by atoms with Gasteiger partial charge in [-0.2, -0.15) is 9.13 Å². The first kappa shape index (κ1) is 19.9. The lowest BCUT2D eigenvalue weighted by atomic mass is 10.2. The van der Waals surface area contributed by atoms with E-state index >= 15 is 0 Å². The van der Waals surface area contributed by atoms with Crippen LogP contribution in [0.1, 0.15) is 0 Å². The summed E-state index contributed by atoms with van der Waals surface area (Å²) in [5.41, 5.74) is 2.53. The van der Waals surface area contributed by atoms with Gasteiger partial charge in [-0.25, -0.2) is 0 Å². The van der Waals surface area contributed by atoms with Crippen molar-refractivity contribution < 1.29 is 33.9 Å². The van der Waals surface area contributed by atoms with Gasteiger partial charge in [-0.3, -0.25) is 0 Å². The molecule has 132 valence electrons. The quantitative estimate of drug-likeness (QED) is 0.280. The molecular formula is C22H20Cl2N2. The van der Waals surface area contributed by atoms with Gasteiger partial charge in [-0.1, -0.05) is 24.3 Å². The van der Waals surface area contributed by atoms with Gasteiger partial charge < -0.3 is 24.8 Å². The summed E-state index contributed by atoms with van der Waals surface area (Å²) in [6.45, 7) is 1.76. The molecular weight excluding hydrogens is 363 g/mol. The number of aromatic nitrogens is 2. The number of allylic oxidation sites excluding steroid dienone is 2. The Bertz CT molecular complexity index is 935. The van der Waals surface area contributed by atoms with Crippen LogP contribution in [0.15, 0.2) is 97.3 Å². The van der Waals surface area contributed by atoms with Crippen LogP contribution in [0.5, 0.6) is 0 Å². The molecule has 0 aliphatic rings. The fourth-order valence-corrected chi connectivity index (χ4v) is 3.14. The molecule has 0 bridgehead atoms. The minimum absolute atomic E-state index is 0. The first-order chi connectivity index (χ1) is 11.9. The Kier molecular flexibility index (Phi) is 7.14. The summed E-state index contributed by atoms with van der Waals surface area (Å²) in [5, 5.41) is 2.55. The van der Waals surface area contributed by atoms with E-state index in [1.807, 2.05) is 0 Å². The maximum Gasteiger partial charge on any atom is 0.212 e. The van der Waals surface area contributed by atoms with Crippen LogP contribution in [0.3, 0.4) is 0 Å². The maximum absolute atomic E-state index is 2.28. The Balaban J connectivity index is 0.00000121. The van der Waals surface area contributed by atoms with Crippen LogP contribution in [0, 0.1) is 0 Å². The molecule has 0 fully saturated rings. The number of rotatable bonds is 4. The molecule has 4 heteroatoms. The van der Waals surface area contributed by atoms with E-state index in [2.05, 4.69) is 106 Å². The minimum atomic E-state index is 0. The summed E-state index contributed by atoms with van der Waals surface area (Å²) in [5.74, 6) is 0. The molecule has 4 aromatic rings. The highest BCUT2D eigenvalue weighted by molar-refractivity contribution is 5.75. The predicted molar refractivity (Wildman–Crippen MR) is 97.4 cm³/mol. The molecule has 0 saturated carbocycles. The van der Waals surface area contributed by atoms with Crippen LogP contribution in [0.25, 0.3) is 21.8 Å². The van der Waals surface area contributed by atoms with Crippen molar-refractivity contribution in [2.75, 3.05) is 0 Å². The van der Waals surface area contributed by atoms with E-state index < -0.39 is 0 Å². The van der Waals surface area contributed by atoms with Crippen LogP contribution in [-0.4, -0.2) is 0 Å². The van der Waals surface area contributed by atoms with Crippen LogP contribution in [0.4, 0.5) is 0 Å². The Morgan fingerprint density at radius 3 is 1.38 bits per heavy atom. The number of pyridine rings is 2. The van der Waals surface area contributed by atoms with Crippen molar-refractivity contribution in [1.29, 1.82) is 0 Å². The molecule has 0 radical (unpaired) electrons. The predicted octanol–water partition coefficient (Wildman–Crippen LogP) is -2.17. The van der Waals surface area contributed by atoms with E-state index in [1.54, 1.807) is 0 Å². The lowest BCUT2D eigenvalue weighted by Gasteiger charge is -1.99. The van der Waals surface area contributed by atoms with Crippen LogP contribution >= 0.6 is 0 Å². The van der Waals surface area contributed by atoms with Gasteiger partial charge in [0.25, 0.3) is 0 Å². The zero-order chi connectivity index (χ0) is 16.2. The molecule has 0 spiro atoms. The number of fused-ring (bicyclic) bond motifs is 2. The second-order valence-electron chi connectivity index (χ2n) is 5.91. The van der Waals surface area contributed by atoms with Gasteiger partial charge in [-0.15, -0.1) is 0 Å². The van der Waals surface area contributed by atoms with Gasteiger partial charge in [0.15, 0.2) is 25.5 Å². The van der Waals surface area contributed by atoms with Gasteiger partial charge in [0.2, 0.25) is 11.0 Å². The zero-order valence-electron chi connectivity index (χ0n) is 14.3. The average Bonchev–Trinajstić information content (AvgIpc) is 2.65. The van der Waals surface area contributed by atoms with Gasteiger partial charge >= 0.3 is 0 Å². The van der Waals surface area contributed by atoms with E-state index in [0.29, 0.717) is 0 Å². The number of para-hydroxylation sites is 2. The fraction of sp³-hybridized carbons (Fsp3) is 0.0909. The summed E-state index contributed by atoms with van der Waals surface area (Å²) < 4.78 is 4.55. The Labute approximate surface area is 166 Å². The molecule has 0 unspecified atom stereocenters. The molecule has 0 amide bonds. The summed E-state index contributed by atoms with van der Waals surface area (Å²) in [6.07, 6.45) is 8.75. The lowest BCUT2D eigenvalue weighted by Crippen LogP contribution is -3.00. The highest BCUT2D eigenvalue weighted by Gasteiger charge is 2.06. The fourth-order valence-electron chi connectivity index (χ4n) is 3.14. The van der Waals surface area contributed by atoms with E-state index in [0.717, 1.165) is 13.1 Å². The van der Waals surface area contributed by atoms with Crippen molar-refractivity contribution in [3.8, 4) is 0 Å². The van der Waals surface area contributed by atoms with E-state index in [9.17, 15) is 0 Å². The Morgan fingerprint density at radius 2 is 0.923 bits per heavy atom. The van der Waals surface area contributed by atoms with Crippen molar-refractivity contribution in [1.82, 2.24) is 0 Å². The number of hydrogen-bond donors (Lipinski definition) is 0. The molecule has 0 saturated heterocycles. The smallest absolute Gasteiger partial charge is 0.212 e. The monoisotopic (exact) mass is 382 g/mol. The van der Waals surface area contributed by atoms with Crippen molar-refractivity contribution in [3.63, 3.8) is 0 Å². The summed E-state index contributed by atoms with van der Waals surface area (Å²) in [7, 11) is 0. The molecule has 2 aromatic carbocycles. The second kappa shape index (κ2) is 9.33. The third-order valence-electron chi connectivity index (χ3n) is 4.35. The Morgan fingerprint density at radius 1 is 0.538 bits per heavy atom. The SMILES string of the molecule is C(=C/C[n+]1cccc2ccccc21)/C[n+]1cccc2ccccc21.[Cl-].[Cl-]. The van der Waals surface area contributed by atoms with Gasteiger partial charge in [0.05, 0.1) is 0 Å². The zero-order valence-corrected chi connectivity index (χ0v) is 15.8. The van der Waals surface area contributed by atoms with Crippen LogP contribution in [-0.2, 0) is 13.1 Å².